The second-order valence-corrected chi connectivity index (χ2v) is 4.47. The van der Waals surface area contributed by atoms with Crippen molar-refractivity contribution in [2.24, 2.45) is 5.84 Å². The SMILES string of the molecule is COc1nccnc1C(NN)c1sccc1C. The summed E-state index contributed by atoms with van der Waals surface area (Å²) >= 11 is 1.63. The molecule has 6 heteroatoms. The first-order chi connectivity index (χ1) is 8.27. The summed E-state index contributed by atoms with van der Waals surface area (Å²) in [5.41, 5.74) is 4.63. The second kappa shape index (κ2) is 5.22. The summed E-state index contributed by atoms with van der Waals surface area (Å²) in [7, 11) is 1.57. The number of nitrogens with two attached hydrogens (primary N) is 1. The van der Waals surface area contributed by atoms with Crippen molar-refractivity contribution in [2.45, 2.75) is 13.0 Å². The molecule has 0 saturated heterocycles. The lowest BCUT2D eigenvalue weighted by molar-refractivity contribution is 0.383. The van der Waals surface area contributed by atoms with E-state index in [0.717, 1.165) is 4.88 Å². The average molecular weight is 250 g/mol. The fourth-order valence-corrected chi connectivity index (χ4v) is 2.64. The predicted molar refractivity (Wildman–Crippen MR) is 66.8 cm³/mol. The minimum absolute atomic E-state index is 0.196. The van der Waals surface area contributed by atoms with Crippen molar-refractivity contribution < 1.29 is 4.74 Å². The van der Waals surface area contributed by atoms with Gasteiger partial charge in [-0.3, -0.25) is 10.8 Å². The van der Waals surface area contributed by atoms with Crippen molar-refractivity contribution in [3.05, 3.63) is 40.0 Å². The van der Waals surface area contributed by atoms with Gasteiger partial charge in [-0.15, -0.1) is 11.3 Å². The molecule has 1 atom stereocenters. The van der Waals surface area contributed by atoms with E-state index in [1.807, 2.05) is 18.4 Å². The first-order valence-corrected chi connectivity index (χ1v) is 6.01. The van der Waals surface area contributed by atoms with E-state index >= 15 is 0 Å². The van der Waals surface area contributed by atoms with E-state index in [1.54, 1.807) is 30.8 Å². The van der Waals surface area contributed by atoms with Crippen LogP contribution in [0, 0.1) is 6.92 Å². The van der Waals surface area contributed by atoms with Crippen LogP contribution in [0.1, 0.15) is 22.2 Å². The molecule has 0 aliphatic heterocycles. The highest BCUT2D eigenvalue weighted by Gasteiger charge is 2.21. The third-order valence-corrected chi connectivity index (χ3v) is 3.57. The van der Waals surface area contributed by atoms with Crippen LogP contribution in [0.3, 0.4) is 0 Å². The van der Waals surface area contributed by atoms with Gasteiger partial charge in [0.1, 0.15) is 11.7 Å². The van der Waals surface area contributed by atoms with Gasteiger partial charge in [0.25, 0.3) is 0 Å². The molecule has 0 radical (unpaired) electrons. The predicted octanol–water partition coefficient (Wildman–Crippen LogP) is 1.41. The van der Waals surface area contributed by atoms with Gasteiger partial charge < -0.3 is 4.74 Å². The zero-order valence-corrected chi connectivity index (χ0v) is 10.5. The monoisotopic (exact) mass is 250 g/mol. The number of aryl methyl sites for hydroxylation is 1. The van der Waals surface area contributed by atoms with Crippen LogP contribution in [-0.2, 0) is 0 Å². The Morgan fingerprint density at radius 1 is 1.41 bits per heavy atom. The van der Waals surface area contributed by atoms with Crippen molar-refractivity contribution >= 4 is 11.3 Å². The van der Waals surface area contributed by atoms with E-state index in [1.165, 1.54) is 5.56 Å². The quantitative estimate of drug-likeness (QED) is 0.634. The highest BCUT2D eigenvalue weighted by molar-refractivity contribution is 7.10. The van der Waals surface area contributed by atoms with Crippen LogP contribution in [0.25, 0.3) is 0 Å². The number of hydrogen-bond donors (Lipinski definition) is 2. The van der Waals surface area contributed by atoms with E-state index in [2.05, 4.69) is 15.4 Å². The molecule has 17 heavy (non-hydrogen) atoms. The Hall–Kier alpha value is -1.50. The number of rotatable bonds is 4. The first-order valence-electron chi connectivity index (χ1n) is 5.13. The van der Waals surface area contributed by atoms with Gasteiger partial charge in [-0.2, -0.15) is 0 Å². The molecule has 0 aromatic carbocycles. The van der Waals surface area contributed by atoms with E-state index in [-0.39, 0.29) is 6.04 Å². The lowest BCUT2D eigenvalue weighted by atomic mass is 10.1. The average Bonchev–Trinajstić information content (AvgIpc) is 2.78. The maximum Gasteiger partial charge on any atom is 0.237 e. The fraction of sp³-hybridized carbons (Fsp3) is 0.273. The lowest BCUT2D eigenvalue weighted by Crippen LogP contribution is -2.29. The summed E-state index contributed by atoms with van der Waals surface area (Å²) in [6.07, 6.45) is 3.22. The maximum atomic E-state index is 5.62. The molecule has 0 saturated carbocycles. The minimum Gasteiger partial charge on any atom is -0.480 e. The third-order valence-electron chi connectivity index (χ3n) is 2.49. The fourth-order valence-electron chi connectivity index (χ4n) is 1.65. The van der Waals surface area contributed by atoms with Crippen LogP contribution < -0.4 is 16.0 Å². The highest BCUT2D eigenvalue weighted by Crippen LogP contribution is 2.31. The Morgan fingerprint density at radius 3 is 2.76 bits per heavy atom. The Labute approximate surface area is 104 Å². The van der Waals surface area contributed by atoms with Gasteiger partial charge in [-0.25, -0.2) is 10.4 Å². The van der Waals surface area contributed by atoms with Crippen LogP contribution in [-0.4, -0.2) is 17.1 Å². The van der Waals surface area contributed by atoms with Gasteiger partial charge in [0, 0.05) is 17.3 Å². The molecule has 0 aliphatic carbocycles. The standard InChI is InChI=1S/C11H14N4OS/c1-7-3-6-17-10(7)8(15-12)9-11(16-2)14-5-4-13-9/h3-6,8,15H,12H2,1-2H3. The number of aromatic nitrogens is 2. The Kier molecular flexibility index (Phi) is 3.68. The van der Waals surface area contributed by atoms with Gasteiger partial charge in [0.2, 0.25) is 5.88 Å². The minimum atomic E-state index is -0.196. The molecule has 2 aromatic rings. The van der Waals surface area contributed by atoms with Gasteiger partial charge >= 0.3 is 0 Å². The molecular weight excluding hydrogens is 236 g/mol. The van der Waals surface area contributed by atoms with Crippen molar-refractivity contribution in [3.8, 4) is 5.88 Å². The molecule has 2 rings (SSSR count). The van der Waals surface area contributed by atoms with E-state index in [9.17, 15) is 0 Å². The molecule has 0 fully saturated rings. The summed E-state index contributed by atoms with van der Waals surface area (Å²) in [4.78, 5) is 9.54. The normalized spacial score (nSPS) is 12.4. The number of thiophene rings is 1. The summed E-state index contributed by atoms with van der Waals surface area (Å²) in [5.74, 6) is 6.11. The molecule has 2 aromatic heterocycles. The summed E-state index contributed by atoms with van der Waals surface area (Å²) in [5, 5.41) is 2.03. The molecule has 2 heterocycles. The molecule has 3 N–H and O–H groups in total. The Morgan fingerprint density at radius 2 is 2.18 bits per heavy atom. The van der Waals surface area contributed by atoms with Crippen molar-refractivity contribution in [1.29, 1.82) is 0 Å². The number of nitrogens with one attached hydrogen (secondary N) is 1. The molecular formula is C11H14N4OS. The maximum absolute atomic E-state index is 5.62. The largest absolute Gasteiger partial charge is 0.480 e. The number of hydrazine groups is 1. The topological polar surface area (TPSA) is 73.1 Å². The summed E-state index contributed by atoms with van der Waals surface area (Å²) in [6, 6.07) is 1.85. The van der Waals surface area contributed by atoms with Crippen LogP contribution >= 0.6 is 11.3 Å². The van der Waals surface area contributed by atoms with E-state index < -0.39 is 0 Å². The molecule has 1 unspecified atom stereocenters. The van der Waals surface area contributed by atoms with Gasteiger partial charge in [0.05, 0.1) is 7.11 Å². The smallest absolute Gasteiger partial charge is 0.237 e. The third kappa shape index (κ3) is 2.28. The van der Waals surface area contributed by atoms with Crippen LogP contribution in [0.2, 0.25) is 0 Å². The molecule has 0 amide bonds. The first kappa shape index (κ1) is 12.0. The molecule has 0 spiro atoms. The number of nitrogens with zero attached hydrogens (tertiary/aromatic N) is 2. The molecule has 90 valence electrons. The van der Waals surface area contributed by atoms with Gasteiger partial charge in [0.15, 0.2) is 0 Å². The number of methoxy groups -OCH3 is 1. The van der Waals surface area contributed by atoms with Crippen molar-refractivity contribution in [3.63, 3.8) is 0 Å². The molecule has 0 aliphatic rings. The van der Waals surface area contributed by atoms with Crippen LogP contribution in [0.15, 0.2) is 23.8 Å². The number of ether oxygens (including phenoxy) is 1. The van der Waals surface area contributed by atoms with Gasteiger partial charge in [-0.05, 0) is 23.9 Å². The van der Waals surface area contributed by atoms with E-state index in [4.69, 9.17) is 10.6 Å². The number of hydrogen-bond acceptors (Lipinski definition) is 6. The Bertz CT molecular complexity index is 500. The highest BCUT2D eigenvalue weighted by atomic mass is 32.1. The van der Waals surface area contributed by atoms with Crippen molar-refractivity contribution in [2.75, 3.05) is 7.11 Å². The second-order valence-electron chi connectivity index (χ2n) is 3.52. The van der Waals surface area contributed by atoms with Crippen LogP contribution in [0.5, 0.6) is 5.88 Å². The summed E-state index contributed by atoms with van der Waals surface area (Å²) < 4.78 is 5.20. The van der Waals surface area contributed by atoms with Gasteiger partial charge in [-0.1, -0.05) is 0 Å². The Balaban J connectivity index is 2.46. The zero-order chi connectivity index (χ0) is 12.3. The van der Waals surface area contributed by atoms with Crippen molar-refractivity contribution in [1.82, 2.24) is 15.4 Å². The summed E-state index contributed by atoms with van der Waals surface area (Å²) in [6.45, 7) is 2.04. The molecule has 5 nitrogen and oxygen atoms in total. The van der Waals surface area contributed by atoms with E-state index in [0.29, 0.717) is 11.6 Å². The molecule has 0 bridgehead atoms. The zero-order valence-electron chi connectivity index (χ0n) is 9.68. The van der Waals surface area contributed by atoms with Crippen LogP contribution in [0.4, 0.5) is 0 Å². The lowest BCUT2D eigenvalue weighted by Gasteiger charge is -2.16.